The third kappa shape index (κ3) is 2.59. The van der Waals surface area contributed by atoms with Crippen LogP contribution in [-0.2, 0) is 9.59 Å². The zero-order chi connectivity index (χ0) is 8.97. The lowest BCUT2D eigenvalue weighted by molar-refractivity contribution is -0.134. The Bertz CT molecular complexity index is 183. The van der Waals surface area contributed by atoms with Crippen LogP contribution in [0, 0.1) is 0 Å². The van der Waals surface area contributed by atoms with Crippen LogP contribution in [0.25, 0.3) is 0 Å². The second-order valence-corrected chi connectivity index (χ2v) is 3.65. The Kier molecular flexibility index (Phi) is 3.72. The van der Waals surface area contributed by atoms with Gasteiger partial charge in [0.1, 0.15) is 5.78 Å². The quantitative estimate of drug-likeness (QED) is 0.667. The number of alkyl halides is 1. The van der Waals surface area contributed by atoms with E-state index in [2.05, 4.69) is 15.9 Å². The van der Waals surface area contributed by atoms with Gasteiger partial charge in [0, 0.05) is 37.7 Å². The molecule has 1 fully saturated rings. The molecule has 0 saturated carbocycles. The first-order valence-corrected chi connectivity index (χ1v) is 5.21. The molecule has 68 valence electrons. The summed E-state index contributed by atoms with van der Waals surface area (Å²) >= 11 is 3.21. The number of hydrogen-bond donors (Lipinski definition) is 0. The van der Waals surface area contributed by atoms with Gasteiger partial charge in [0.05, 0.1) is 0 Å². The fourth-order valence-corrected chi connectivity index (χ4v) is 1.58. The molecule has 0 aliphatic carbocycles. The molecule has 0 atom stereocenters. The summed E-state index contributed by atoms with van der Waals surface area (Å²) in [5.74, 6) is 0.428. The van der Waals surface area contributed by atoms with Crippen molar-refractivity contribution in [1.82, 2.24) is 4.90 Å². The van der Waals surface area contributed by atoms with Crippen molar-refractivity contribution in [1.29, 1.82) is 0 Å². The molecule has 0 aromatic carbocycles. The Morgan fingerprint density at radius 3 is 2.50 bits per heavy atom. The van der Waals surface area contributed by atoms with Crippen molar-refractivity contribution < 1.29 is 9.59 Å². The molecule has 0 bridgehead atoms. The maximum Gasteiger partial charge on any atom is 0.223 e. The van der Waals surface area contributed by atoms with E-state index < -0.39 is 0 Å². The van der Waals surface area contributed by atoms with E-state index in [4.69, 9.17) is 0 Å². The van der Waals surface area contributed by atoms with Gasteiger partial charge in [-0.25, -0.2) is 0 Å². The van der Waals surface area contributed by atoms with Crippen LogP contribution < -0.4 is 0 Å². The molecule has 0 aromatic heterocycles. The first kappa shape index (κ1) is 9.71. The van der Waals surface area contributed by atoms with Crippen molar-refractivity contribution in [3.8, 4) is 0 Å². The predicted molar refractivity (Wildman–Crippen MR) is 49.2 cm³/mol. The second kappa shape index (κ2) is 4.60. The highest BCUT2D eigenvalue weighted by atomic mass is 79.9. The Morgan fingerprint density at radius 2 is 2.00 bits per heavy atom. The molecule has 0 aromatic rings. The van der Waals surface area contributed by atoms with Crippen molar-refractivity contribution >= 4 is 27.6 Å². The van der Waals surface area contributed by atoms with Crippen LogP contribution in [0.4, 0.5) is 0 Å². The molecule has 0 N–H and O–H groups in total. The van der Waals surface area contributed by atoms with Gasteiger partial charge in [-0.1, -0.05) is 15.9 Å². The van der Waals surface area contributed by atoms with Crippen molar-refractivity contribution in [2.45, 2.75) is 19.3 Å². The second-order valence-electron chi connectivity index (χ2n) is 2.86. The molecule has 4 heteroatoms. The average Bonchev–Trinajstić information content (AvgIpc) is 2.06. The van der Waals surface area contributed by atoms with Crippen LogP contribution in [0.3, 0.4) is 0 Å². The third-order valence-corrected chi connectivity index (χ3v) is 2.38. The Balaban J connectivity index is 2.33. The summed E-state index contributed by atoms with van der Waals surface area (Å²) in [5.41, 5.74) is 0. The van der Waals surface area contributed by atoms with Gasteiger partial charge in [-0.3, -0.25) is 9.59 Å². The molecule has 1 saturated heterocycles. The monoisotopic (exact) mass is 233 g/mol. The van der Waals surface area contributed by atoms with E-state index in [0.29, 0.717) is 37.7 Å². The van der Waals surface area contributed by atoms with Crippen molar-refractivity contribution in [3.63, 3.8) is 0 Å². The molecule has 1 aliphatic rings. The Hall–Kier alpha value is -0.380. The summed E-state index contributed by atoms with van der Waals surface area (Å²) in [4.78, 5) is 23.9. The summed E-state index contributed by atoms with van der Waals surface area (Å²) in [6.07, 6.45) is 1.61. The number of carbonyl (C=O) groups excluding carboxylic acids is 2. The molecule has 12 heavy (non-hydrogen) atoms. The highest BCUT2D eigenvalue weighted by molar-refractivity contribution is 9.09. The number of nitrogens with zero attached hydrogens (tertiary/aromatic N) is 1. The maximum atomic E-state index is 11.3. The fourth-order valence-electron chi connectivity index (χ4n) is 1.24. The van der Waals surface area contributed by atoms with Crippen molar-refractivity contribution in [3.05, 3.63) is 0 Å². The van der Waals surface area contributed by atoms with Gasteiger partial charge in [-0.05, 0) is 0 Å². The summed E-state index contributed by atoms with van der Waals surface area (Å²) < 4.78 is 0. The standard InChI is InChI=1S/C8H12BrNO2/c9-4-1-8(12)10-5-2-7(11)3-6-10/h1-6H2. The summed E-state index contributed by atoms with van der Waals surface area (Å²) in [5, 5.41) is 0.705. The van der Waals surface area contributed by atoms with Gasteiger partial charge in [-0.2, -0.15) is 0 Å². The lowest BCUT2D eigenvalue weighted by Crippen LogP contribution is -2.38. The molecule has 0 unspecified atom stereocenters. The number of rotatable bonds is 2. The summed E-state index contributed by atoms with van der Waals surface area (Å²) in [6.45, 7) is 1.23. The molecule has 3 nitrogen and oxygen atoms in total. The predicted octanol–water partition coefficient (Wildman–Crippen LogP) is 0.963. The number of halogens is 1. The lowest BCUT2D eigenvalue weighted by Gasteiger charge is -2.25. The minimum Gasteiger partial charge on any atom is -0.342 e. The minimum absolute atomic E-state index is 0.152. The zero-order valence-corrected chi connectivity index (χ0v) is 8.47. The Morgan fingerprint density at radius 1 is 1.42 bits per heavy atom. The largest absolute Gasteiger partial charge is 0.342 e. The molecule has 1 aliphatic heterocycles. The molecular formula is C8H12BrNO2. The molecule has 0 spiro atoms. The minimum atomic E-state index is 0.152. The molecule has 0 radical (unpaired) electrons. The highest BCUT2D eigenvalue weighted by Gasteiger charge is 2.19. The highest BCUT2D eigenvalue weighted by Crippen LogP contribution is 2.07. The molecular weight excluding hydrogens is 222 g/mol. The van der Waals surface area contributed by atoms with E-state index >= 15 is 0 Å². The van der Waals surface area contributed by atoms with Crippen LogP contribution in [0.2, 0.25) is 0 Å². The topological polar surface area (TPSA) is 37.4 Å². The molecule has 1 rings (SSSR count). The van der Waals surface area contributed by atoms with E-state index in [0.717, 1.165) is 0 Å². The maximum absolute atomic E-state index is 11.3. The van der Waals surface area contributed by atoms with Crippen LogP contribution in [-0.4, -0.2) is 35.0 Å². The van der Waals surface area contributed by atoms with Gasteiger partial charge in [0.25, 0.3) is 0 Å². The lowest BCUT2D eigenvalue weighted by atomic mass is 10.1. The number of ketones is 1. The van der Waals surface area contributed by atoms with E-state index in [1.54, 1.807) is 4.90 Å². The van der Waals surface area contributed by atoms with Gasteiger partial charge >= 0.3 is 0 Å². The van der Waals surface area contributed by atoms with Crippen LogP contribution in [0.5, 0.6) is 0 Å². The van der Waals surface area contributed by atoms with Crippen molar-refractivity contribution in [2.24, 2.45) is 0 Å². The average molecular weight is 234 g/mol. The van der Waals surface area contributed by atoms with E-state index in [1.165, 1.54) is 0 Å². The number of amides is 1. The molecule has 1 amide bonds. The number of carbonyl (C=O) groups is 2. The van der Waals surface area contributed by atoms with Crippen LogP contribution >= 0.6 is 15.9 Å². The number of piperidine rings is 1. The van der Waals surface area contributed by atoms with E-state index in [9.17, 15) is 9.59 Å². The zero-order valence-electron chi connectivity index (χ0n) is 6.88. The Labute approximate surface area is 80.2 Å². The van der Waals surface area contributed by atoms with Crippen LogP contribution in [0.15, 0.2) is 0 Å². The van der Waals surface area contributed by atoms with Gasteiger partial charge in [0.15, 0.2) is 0 Å². The fraction of sp³-hybridized carbons (Fsp3) is 0.750. The third-order valence-electron chi connectivity index (χ3n) is 1.98. The number of hydrogen-bond acceptors (Lipinski definition) is 2. The van der Waals surface area contributed by atoms with Crippen molar-refractivity contribution in [2.75, 3.05) is 18.4 Å². The first-order chi connectivity index (χ1) is 5.74. The number of Topliss-reactive ketones (excluding diaryl/α,β-unsaturated/α-hetero) is 1. The van der Waals surface area contributed by atoms with Gasteiger partial charge in [-0.15, -0.1) is 0 Å². The van der Waals surface area contributed by atoms with Crippen LogP contribution in [0.1, 0.15) is 19.3 Å². The summed E-state index contributed by atoms with van der Waals surface area (Å²) in [7, 11) is 0. The molecule has 1 heterocycles. The van der Waals surface area contributed by atoms with E-state index in [1.807, 2.05) is 0 Å². The summed E-state index contributed by atoms with van der Waals surface area (Å²) in [6, 6.07) is 0. The van der Waals surface area contributed by atoms with E-state index in [-0.39, 0.29) is 11.7 Å². The number of likely N-dealkylation sites (tertiary alicyclic amines) is 1. The SMILES string of the molecule is O=C1CCN(C(=O)CCBr)CC1. The first-order valence-electron chi connectivity index (χ1n) is 4.09. The smallest absolute Gasteiger partial charge is 0.223 e. The van der Waals surface area contributed by atoms with Gasteiger partial charge < -0.3 is 4.90 Å². The normalized spacial score (nSPS) is 18.1. The van der Waals surface area contributed by atoms with Gasteiger partial charge in [0.2, 0.25) is 5.91 Å².